The van der Waals surface area contributed by atoms with E-state index in [9.17, 15) is 0 Å². The Balaban J connectivity index is 1.63. The number of aromatic nitrogens is 1. The lowest BCUT2D eigenvalue weighted by Gasteiger charge is -2.08. The molecule has 1 aromatic carbocycles. The first-order valence-electron chi connectivity index (χ1n) is 12.6. The Bertz CT molecular complexity index is 666. The van der Waals surface area contributed by atoms with Gasteiger partial charge in [-0.3, -0.25) is 4.98 Å². The maximum Gasteiger partial charge on any atom is 0.119 e. The van der Waals surface area contributed by atoms with Crippen molar-refractivity contribution in [2.45, 2.75) is 90.9 Å². The quantitative estimate of drug-likeness (QED) is 0.227. The predicted molar refractivity (Wildman–Crippen MR) is 132 cm³/mol. The van der Waals surface area contributed by atoms with Crippen LogP contribution < -0.4 is 4.74 Å². The number of rotatable bonds is 18. The maximum absolute atomic E-state index is 5.78. The highest BCUT2D eigenvalue weighted by atomic mass is 16.5. The molecule has 2 rings (SSSR count). The zero-order valence-corrected chi connectivity index (χ0v) is 19.9. The lowest BCUT2D eigenvalue weighted by atomic mass is 10.0. The van der Waals surface area contributed by atoms with Crippen molar-refractivity contribution < 1.29 is 9.47 Å². The zero-order chi connectivity index (χ0) is 22.0. The molecule has 2 aromatic rings. The third-order valence-electron chi connectivity index (χ3n) is 5.68. The van der Waals surface area contributed by atoms with Crippen LogP contribution in [0.4, 0.5) is 0 Å². The molecule has 1 aromatic heterocycles. The fourth-order valence-electron chi connectivity index (χ4n) is 3.70. The number of nitrogens with zero attached hydrogens (tertiary/aromatic N) is 1. The second-order valence-corrected chi connectivity index (χ2v) is 8.47. The van der Waals surface area contributed by atoms with Crippen molar-refractivity contribution in [3.8, 4) is 17.0 Å². The Morgan fingerprint density at radius 3 is 2.00 bits per heavy atom. The van der Waals surface area contributed by atoms with Gasteiger partial charge >= 0.3 is 0 Å². The van der Waals surface area contributed by atoms with Crippen molar-refractivity contribution in [3.63, 3.8) is 0 Å². The first-order valence-corrected chi connectivity index (χ1v) is 12.6. The standard InChI is InChI=1S/C28H43NO2/c1-3-5-7-9-10-11-12-14-25-15-20-28(29-24-25)26-16-18-27(19-17-26)31-23-22-30-21-13-8-6-4-2/h15-20,24H,3-14,21-23H2,1-2H3. The summed E-state index contributed by atoms with van der Waals surface area (Å²) < 4.78 is 11.4. The van der Waals surface area contributed by atoms with E-state index in [1.165, 1.54) is 69.8 Å². The van der Waals surface area contributed by atoms with Crippen molar-refractivity contribution in [1.29, 1.82) is 0 Å². The van der Waals surface area contributed by atoms with Gasteiger partial charge < -0.3 is 9.47 Å². The van der Waals surface area contributed by atoms with Gasteiger partial charge in [-0.15, -0.1) is 0 Å². The molecule has 0 unspecified atom stereocenters. The minimum Gasteiger partial charge on any atom is -0.491 e. The molecule has 31 heavy (non-hydrogen) atoms. The third-order valence-corrected chi connectivity index (χ3v) is 5.68. The van der Waals surface area contributed by atoms with E-state index in [1.807, 2.05) is 18.3 Å². The molecule has 3 nitrogen and oxygen atoms in total. The molecule has 0 radical (unpaired) electrons. The normalized spacial score (nSPS) is 11.0. The molecule has 0 atom stereocenters. The Kier molecular flexibility index (Phi) is 13.7. The molecule has 0 bridgehead atoms. The highest BCUT2D eigenvalue weighted by molar-refractivity contribution is 5.60. The maximum atomic E-state index is 5.78. The summed E-state index contributed by atoms with van der Waals surface area (Å²) in [7, 11) is 0. The number of ether oxygens (including phenoxy) is 2. The number of pyridine rings is 1. The SMILES string of the molecule is CCCCCCCCCc1ccc(-c2ccc(OCCOCCCCCC)cc2)nc1. The molecule has 0 aliphatic carbocycles. The van der Waals surface area contributed by atoms with Crippen LogP contribution in [0.1, 0.15) is 90.0 Å². The van der Waals surface area contributed by atoms with Crippen molar-refractivity contribution in [2.75, 3.05) is 19.8 Å². The first-order chi connectivity index (χ1) is 15.3. The molecular weight excluding hydrogens is 382 g/mol. The van der Waals surface area contributed by atoms with Gasteiger partial charge in [0.2, 0.25) is 0 Å². The molecule has 0 saturated carbocycles. The van der Waals surface area contributed by atoms with Gasteiger partial charge in [0, 0.05) is 18.4 Å². The average molecular weight is 426 g/mol. The van der Waals surface area contributed by atoms with Gasteiger partial charge in [-0.25, -0.2) is 0 Å². The van der Waals surface area contributed by atoms with E-state index in [0.717, 1.165) is 36.5 Å². The fraction of sp³-hybridized carbons (Fsp3) is 0.607. The van der Waals surface area contributed by atoms with Crippen LogP contribution in [0.3, 0.4) is 0 Å². The van der Waals surface area contributed by atoms with E-state index in [2.05, 4.69) is 43.1 Å². The third kappa shape index (κ3) is 11.4. The number of unbranched alkanes of at least 4 members (excludes halogenated alkanes) is 9. The van der Waals surface area contributed by atoms with Crippen LogP contribution in [0.15, 0.2) is 42.6 Å². The fourth-order valence-corrected chi connectivity index (χ4v) is 3.70. The second-order valence-electron chi connectivity index (χ2n) is 8.47. The predicted octanol–water partition coefficient (Wildman–Crippen LogP) is 8.02. The Labute approximate surface area is 190 Å². The summed E-state index contributed by atoms with van der Waals surface area (Å²) in [6.07, 6.45) is 17.6. The molecule has 0 fully saturated rings. The number of benzene rings is 1. The molecular formula is C28H43NO2. The summed E-state index contributed by atoms with van der Waals surface area (Å²) in [6, 6.07) is 12.6. The molecule has 0 aliphatic rings. The van der Waals surface area contributed by atoms with E-state index in [-0.39, 0.29) is 0 Å². The van der Waals surface area contributed by atoms with Crippen LogP contribution in [0.25, 0.3) is 11.3 Å². The molecule has 172 valence electrons. The van der Waals surface area contributed by atoms with E-state index in [0.29, 0.717) is 13.2 Å². The summed E-state index contributed by atoms with van der Waals surface area (Å²) in [6.45, 7) is 6.58. The van der Waals surface area contributed by atoms with Gasteiger partial charge in [0.25, 0.3) is 0 Å². The molecule has 1 heterocycles. The molecule has 0 aliphatic heterocycles. The number of hydrogen-bond acceptors (Lipinski definition) is 3. The molecule has 0 amide bonds. The van der Waals surface area contributed by atoms with Crippen LogP contribution in [0.2, 0.25) is 0 Å². The summed E-state index contributed by atoms with van der Waals surface area (Å²) in [5.41, 5.74) is 3.49. The summed E-state index contributed by atoms with van der Waals surface area (Å²) >= 11 is 0. The molecule has 3 heteroatoms. The van der Waals surface area contributed by atoms with Gasteiger partial charge in [0.1, 0.15) is 12.4 Å². The van der Waals surface area contributed by atoms with Crippen molar-refractivity contribution in [1.82, 2.24) is 4.98 Å². The van der Waals surface area contributed by atoms with Crippen LogP contribution in [0, 0.1) is 0 Å². The Hall–Kier alpha value is -1.87. The van der Waals surface area contributed by atoms with E-state index >= 15 is 0 Å². The topological polar surface area (TPSA) is 31.4 Å². The number of hydrogen-bond donors (Lipinski definition) is 0. The Morgan fingerprint density at radius 1 is 0.645 bits per heavy atom. The summed E-state index contributed by atoms with van der Waals surface area (Å²) in [5.74, 6) is 0.883. The van der Waals surface area contributed by atoms with Gasteiger partial charge in [-0.05, 0) is 55.2 Å². The molecule has 0 saturated heterocycles. The second kappa shape index (κ2) is 16.8. The van der Waals surface area contributed by atoms with Gasteiger partial charge in [0.15, 0.2) is 0 Å². The van der Waals surface area contributed by atoms with E-state index < -0.39 is 0 Å². The first kappa shape index (κ1) is 25.4. The molecule has 0 spiro atoms. The average Bonchev–Trinajstić information content (AvgIpc) is 2.81. The largest absolute Gasteiger partial charge is 0.491 e. The number of aryl methyl sites for hydroxylation is 1. The van der Waals surface area contributed by atoms with Gasteiger partial charge in [-0.2, -0.15) is 0 Å². The summed E-state index contributed by atoms with van der Waals surface area (Å²) in [5, 5.41) is 0. The van der Waals surface area contributed by atoms with Gasteiger partial charge in [0.05, 0.1) is 12.3 Å². The van der Waals surface area contributed by atoms with Crippen LogP contribution in [0.5, 0.6) is 5.75 Å². The zero-order valence-electron chi connectivity index (χ0n) is 19.9. The van der Waals surface area contributed by atoms with E-state index in [4.69, 9.17) is 9.47 Å². The monoisotopic (exact) mass is 425 g/mol. The van der Waals surface area contributed by atoms with Crippen molar-refractivity contribution >= 4 is 0 Å². The van der Waals surface area contributed by atoms with Gasteiger partial charge in [-0.1, -0.05) is 77.7 Å². The van der Waals surface area contributed by atoms with Crippen LogP contribution in [-0.4, -0.2) is 24.8 Å². The van der Waals surface area contributed by atoms with Crippen LogP contribution in [-0.2, 0) is 11.2 Å². The van der Waals surface area contributed by atoms with Crippen LogP contribution >= 0.6 is 0 Å². The molecule has 0 N–H and O–H groups in total. The lowest BCUT2D eigenvalue weighted by molar-refractivity contribution is 0.0971. The highest BCUT2D eigenvalue weighted by Crippen LogP contribution is 2.21. The highest BCUT2D eigenvalue weighted by Gasteiger charge is 2.02. The smallest absolute Gasteiger partial charge is 0.119 e. The Morgan fingerprint density at radius 2 is 1.32 bits per heavy atom. The van der Waals surface area contributed by atoms with Crippen molar-refractivity contribution in [3.05, 3.63) is 48.2 Å². The summed E-state index contributed by atoms with van der Waals surface area (Å²) in [4.78, 5) is 4.67. The van der Waals surface area contributed by atoms with Crippen molar-refractivity contribution in [2.24, 2.45) is 0 Å². The minimum absolute atomic E-state index is 0.596. The minimum atomic E-state index is 0.596. The lowest BCUT2D eigenvalue weighted by Crippen LogP contribution is -2.07. The van der Waals surface area contributed by atoms with E-state index in [1.54, 1.807) is 0 Å².